The zero-order valence-corrected chi connectivity index (χ0v) is 10.9. The summed E-state index contributed by atoms with van der Waals surface area (Å²) in [6.45, 7) is 1.57. The lowest BCUT2D eigenvalue weighted by Gasteiger charge is -2.06. The highest BCUT2D eigenvalue weighted by Crippen LogP contribution is 2.36. The van der Waals surface area contributed by atoms with E-state index in [4.69, 9.17) is 0 Å². The average molecular weight is 283 g/mol. The van der Waals surface area contributed by atoms with Crippen LogP contribution in [0.1, 0.15) is 18.6 Å². The third-order valence-corrected chi connectivity index (χ3v) is 4.04. The zero-order chi connectivity index (χ0) is 13.1. The summed E-state index contributed by atoms with van der Waals surface area (Å²) in [5.74, 6) is 0. The van der Waals surface area contributed by atoms with Gasteiger partial charge in [-0.25, -0.2) is 0 Å². The van der Waals surface area contributed by atoms with Gasteiger partial charge in [-0.3, -0.25) is 10.1 Å². The molecule has 0 aliphatic carbocycles. The van der Waals surface area contributed by atoms with Crippen molar-refractivity contribution in [3.63, 3.8) is 0 Å². The molecule has 0 bridgehead atoms. The van der Waals surface area contributed by atoms with Crippen molar-refractivity contribution in [1.29, 1.82) is 0 Å². The Hall–Kier alpha value is -1.51. The van der Waals surface area contributed by atoms with E-state index in [1.807, 2.05) is 0 Å². The van der Waals surface area contributed by atoms with Crippen LogP contribution in [-0.2, 0) is 0 Å². The lowest BCUT2D eigenvalue weighted by molar-refractivity contribution is -0.387. The van der Waals surface area contributed by atoms with Gasteiger partial charge in [-0.05, 0) is 18.6 Å². The molecule has 0 amide bonds. The monoisotopic (exact) mass is 283 g/mol. The molecule has 0 aliphatic heterocycles. The summed E-state index contributed by atoms with van der Waals surface area (Å²) in [6, 6.07) is 4.67. The lowest BCUT2D eigenvalue weighted by atomic mass is 10.1. The van der Waals surface area contributed by atoms with Crippen LogP contribution >= 0.6 is 23.1 Å². The fraction of sp³-hybridized carbons (Fsp3) is 0.200. The smallest absolute Gasteiger partial charge is 0.283 e. The molecule has 2 rings (SSSR count). The quantitative estimate of drug-likeness (QED) is 0.685. The first kappa shape index (κ1) is 12.9. The van der Waals surface area contributed by atoms with Gasteiger partial charge in [0.25, 0.3) is 5.69 Å². The van der Waals surface area contributed by atoms with Gasteiger partial charge in [0, 0.05) is 6.07 Å². The number of aliphatic hydroxyl groups is 1. The number of hydrogen-bond acceptors (Lipinski definition) is 7. The Labute approximate surface area is 111 Å². The van der Waals surface area contributed by atoms with Crippen molar-refractivity contribution < 1.29 is 10.0 Å². The number of aromatic nitrogens is 2. The molecule has 6 nitrogen and oxygen atoms in total. The zero-order valence-electron chi connectivity index (χ0n) is 9.31. The maximum Gasteiger partial charge on any atom is 0.283 e. The molecule has 0 fully saturated rings. The fourth-order valence-corrected chi connectivity index (χ4v) is 2.84. The number of hydrogen-bond donors (Lipinski definition) is 1. The molecular weight excluding hydrogens is 274 g/mol. The van der Waals surface area contributed by atoms with Crippen LogP contribution in [0.4, 0.5) is 5.69 Å². The van der Waals surface area contributed by atoms with Crippen LogP contribution in [0.2, 0.25) is 0 Å². The number of nitro benzene ring substituents is 1. The maximum atomic E-state index is 11.0. The summed E-state index contributed by atoms with van der Waals surface area (Å²) in [4.78, 5) is 11.0. The molecule has 0 radical (unpaired) electrons. The standard InChI is InChI=1S/C10H9N3O3S2/c1-6(14)7-2-3-9(8(4-7)13(15)16)18-10-12-11-5-17-10/h2-6,14H,1H3/t6-/m0/s1. The first-order valence-electron chi connectivity index (χ1n) is 4.98. The number of nitro groups is 1. The molecule has 94 valence electrons. The van der Waals surface area contributed by atoms with Crippen LogP contribution in [0.25, 0.3) is 0 Å². The normalized spacial score (nSPS) is 12.3. The van der Waals surface area contributed by atoms with Crippen LogP contribution in [-0.4, -0.2) is 20.2 Å². The molecule has 18 heavy (non-hydrogen) atoms. The van der Waals surface area contributed by atoms with E-state index >= 15 is 0 Å². The molecule has 0 aliphatic rings. The van der Waals surface area contributed by atoms with Crippen molar-refractivity contribution in [3.8, 4) is 0 Å². The SMILES string of the molecule is C[C@H](O)c1ccc(Sc2nncs2)c([N+](=O)[O-])c1. The lowest BCUT2D eigenvalue weighted by Crippen LogP contribution is -1.96. The highest BCUT2D eigenvalue weighted by molar-refractivity contribution is 8.01. The molecule has 1 aromatic carbocycles. The molecule has 0 spiro atoms. The van der Waals surface area contributed by atoms with E-state index in [2.05, 4.69) is 10.2 Å². The van der Waals surface area contributed by atoms with Crippen molar-refractivity contribution >= 4 is 28.8 Å². The highest BCUT2D eigenvalue weighted by atomic mass is 32.2. The van der Waals surface area contributed by atoms with Gasteiger partial charge in [0.1, 0.15) is 5.51 Å². The molecule has 1 heterocycles. The first-order valence-corrected chi connectivity index (χ1v) is 6.68. The molecule has 1 aromatic heterocycles. The van der Waals surface area contributed by atoms with Crippen LogP contribution < -0.4 is 0 Å². The van der Waals surface area contributed by atoms with Crippen LogP contribution in [0.15, 0.2) is 32.9 Å². The van der Waals surface area contributed by atoms with Gasteiger partial charge in [0.15, 0.2) is 4.34 Å². The Balaban J connectivity index is 2.37. The summed E-state index contributed by atoms with van der Waals surface area (Å²) in [6.07, 6.45) is -0.732. The largest absolute Gasteiger partial charge is 0.389 e. The first-order chi connectivity index (χ1) is 8.58. The second kappa shape index (κ2) is 5.42. The van der Waals surface area contributed by atoms with Crippen molar-refractivity contribution in [2.45, 2.75) is 22.3 Å². The van der Waals surface area contributed by atoms with Gasteiger partial charge >= 0.3 is 0 Å². The van der Waals surface area contributed by atoms with Crippen molar-refractivity contribution in [2.24, 2.45) is 0 Å². The van der Waals surface area contributed by atoms with E-state index in [0.29, 0.717) is 14.8 Å². The van der Waals surface area contributed by atoms with E-state index in [-0.39, 0.29) is 5.69 Å². The van der Waals surface area contributed by atoms with Crippen LogP contribution in [0.3, 0.4) is 0 Å². The third-order valence-electron chi connectivity index (χ3n) is 2.20. The Morgan fingerprint density at radius 3 is 2.89 bits per heavy atom. The topological polar surface area (TPSA) is 89.2 Å². The van der Waals surface area contributed by atoms with Gasteiger partial charge in [0.05, 0.1) is 15.9 Å². The van der Waals surface area contributed by atoms with Crippen molar-refractivity contribution in [2.75, 3.05) is 0 Å². The fourth-order valence-electron chi connectivity index (χ4n) is 1.32. The van der Waals surface area contributed by atoms with E-state index < -0.39 is 11.0 Å². The molecule has 1 atom stereocenters. The summed E-state index contributed by atoms with van der Waals surface area (Å²) in [5, 5.41) is 27.9. The minimum absolute atomic E-state index is 0.0337. The van der Waals surface area contributed by atoms with Gasteiger partial charge in [-0.15, -0.1) is 10.2 Å². The number of aliphatic hydroxyl groups excluding tert-OH is 1. The molecule has 2 aromatic rings. The summed E-state index contributed by atoms with van der Waals surface area (Å²) >= 11 is 2.51. The molecule has 8 heteroatoms. The molecule has 0 saturated heterocycles. The second-order valence-corrected chi connectivity index (χ2v) is 5.59. The molecular formula is C10H9N3O3S2. The number of rotatable bonds is 4. The Kier molecular flexibility index (Phi) is 3.90. The predicted octanol–water partition coefficient (Wildman–Crippen LogP) is 2.65. The van der Waals surface area contributed by atoms with E-state index in [1.165, 1.54) is 29.2 Å². The predicted molar refractivity (Wildman–Crippen MR) is 67.8 cm³/mol. The third kappa shape index (κ3) is 2.84. The van der Waals surface area contributed by atoms with Gasteiger partial charge < -0.3 is 5.11 Å². The van der Waals surface area contributed by atoms with Gasteiger partial charge in [-0.1, -0.05) is 29.2 Å². The van der Waals surface area contributed by atoms with E-state index in [9.17, 15) is 15.2 Å². The maximum absolute atomic E-state index is 11.0. The minimum Gasteiger partial charge on any atom is -0.389 e. The second-order valence-electron chi connectivity index (χ2n) is 3.47. The van der Waals surface area contributed by atoms with Crippen LogP contribution in [0, 0.1) is 10.1 Å². The molecule has 0 unspecified atom stereocenters. The minimum atomic E-state index is -0.732. The Morgan fingerprint density at radius 1 is 1.56 bits per heavy atom. The summed E-state index contributed by atoms with van der Waals surface area (Å²) in [7, 11) is 0. The molecule has 0 saturated carbocycles. The van der Waals surface area contributed by atoms with Crippen molar-refractivity contribution in [3.05, 3.63) is 39.4 Å². The van der Waals surface area contributed by atoms with E-state index in [0.717, 1.165) is 0 Å². The van der Waals surface area contributed by atoms with E-state index in [1.54, 1.807) is 24.6 Å². The average Bonchev–Trinajstić information content (AvgIpc) is 2.81. The van der Waals surface area contributed by atoms with Gasteiger partial charge in [0.2, 0.25) is 0 Å². The number of benzene rings is 1. The Morgan fingerprint density at radius 2 is 2.33 bits per heavy atom. The summed E-state index contributed by atoms with van der Waals surface area (Å²) < 4.78 is 0.642. The summed E-state index contributed by atoms with van der Waals surface area (Å²) in [5.41, 5.74) is 2.05. The van der Waals surface area contributed by atoms with Crippen molar-refractivity contribution in [1.82, 2.24) is 10.2 Å². The Bertz CT molecular complexity index is 558. The number of nitrogens with zero attached hydrogens (tertiary/aromatic N) is 3. The molecule has 1 N–H and O–H groups in total. The van der Waals surface area contributed by atoms with Gasteiger partial charge in [-0.2, -0.15) is 0 Å². The van der Waals surface area contributed by atoms with Crippen LogP contribution in [0.5, 0.6) is 0 Å². The highest BCUT2D eigenvalue weighted by Gasteiger charge is 2.18.